The van der Waals surface area contributed by atoms with Crippen LogP contribution in [0.25, 0.3) is 22.3 Å². The minimum absolute atomic E-state index is 0.0404. The predicted octanol–water partition coefficient (Wildman–Crippen LogP) is 2.05. The third-order valence-corrected chi connectivity index (χ3v) is 3.73. The molecule has 2 aromatic carbocycles. The van der Waals surface area contributed by atoms with Gasteiger partial charge in [-0.2, -0.15) is 0 Å². The van der Waals surface area contributed by atoms with Crippen LogP contribution in [0, 0.1) is 0 Å². The first-order valence-corrected chi connectivity index (χ1v) is 8.26. The minimum atomic E-state index is -4.89. The summed E-state index contributed by atoms with van der Waals surface area (Å²) < 4.78 is 20.7. The fraction of sp³-hybridized carbons (Fsp3) is 0. The summed E-state index contributed by atoms with van der Waals surface area (Å²) in [5.74, 6) is -2.16. The van der Waals surface area contributed by atoms with Crippen LogP contribution in [-0.4, -0.2) is 25.1 Å². The molecule has 0 unspecified atom stereocenters. The fourth-order valence-corrected chi connectivity index (χ4v) is 2.64. The number of fused-ring (bicyclic) bond motifs is 1. The van der Waals surface area contributed by atoms with Gasteiger partial charge in [0.15, 0.2) is 5.76 Å². The molecule has 0 atom stereocenters. The molecule has 0 saturated carbocycles. The van der Waals surface area contributed by atoms with Gasteiger partial charge in [-0.1, -0.05) is 0 Å². The molecule has 25 heavy (non-hydrogen) atoms. The van der Waals surface area contributed by atoms with E-state index < -0.39 is 30.5 Å². The Morgan fingerprint density at radius 1 is 1.00 bits per heavy atom. The molecule has 9 nitrogen and oxygen atoms in total. The number of phenolic OH excluding ortho intramolecular Hbond substituents is 2. The maximum atomic E-state index is 12.3. The Labute approximate surface area is 139 Å². The van der Waals surface area contributed by atoms with Gasteiger partial charge in [0.25, 0.3) is 0 Å². The molecular formula is C15H11O9P. The minimum Gasteiger partial charge on any atom is -0.508 e. The smallest absolute Gasteiger partial charge is 0.508 e. The second-order valence-corrected chi connectivity index (χ2v) is 6.22. The van der Waals surface area contributed by atoms with E-state index in [0.29, 0.717) is 0 Å². The number of rotatable bonds is 3. The van der Waals surface area contributed by atoms with E-state index in [2.05, 4.69) is 4.52 Å². The molecular weight excluding hydrogens is 355 g/mol. The SMILES string of the molecule is O=c1c(O)c(-c2ccc(O)cc2)oc2cc(OP(=O)(O)O)cc(O)c12. The van der Waals surface area contributed by atoms with Crippen LogP contribution in [0.2, 0.25) is 0 Å². The van der Waals surface area contributed by atoms with Crippen molar-refractivity contribution in [3.8, 4) is 34.3 Å². The van der Waals surface area contributed by atoms with Crippen molar-refractivity contribution in [2.24, 2.45) is 0 Å². The summed E-state index contributed by atoms with van der Waals surface area (Å²) in [4.78, 5) is 30.0. The van der Waals surface area contributed by atoms with Gasteiger partial charge >= 0.3 is 7.82 Å². The zero-order chi connectivity index (χ0) is 18.4. The lowest BCUT2D eigenvalue weighted by molar-refractivity contribution is 0.283. The normalized spacial score (nSPS) is 11.6. The quantitative estimate of drug-likeness (QED) is 0.437. The van der Waals surface area contributed by atoms with E-state index in [-0.39, 0.29) is 28.0 Å². The molecule has 0 aliphatic heterocycles. The number of phenols is 2. The van der Waals surface area contributed by atoms with Crippen LogP contribution in [0.1, 0.15) is 0 Å². The molecule has 0 amide bonds. The molecule has 10 heteroatoms. The molecule has 0 fully saturated rings. The second-order valence-electron chi connectivity index (χ2n) is 5.05. The predicted molar refractivity (Wildman–Crippen MR) is 85.6 cm³/mol. The van der Waals surface area contributed by atoms with Crippen molar-refractivity contribution in [2.75, 3.05) is 0 Å². The third kappa shape index (κ3) is 3.29. The molecule has 1 heterocycles. The van der Waals surface area contributed by atoms with E-state index in [1.807, 2.05) is 0 Å². The molecule has 3 rings (SSSR count). The Morgan fingerprint density at radius 3 is 2.24 bits per heavy atom. The van der Waals surface area contributed by atoms with Gasteiger partial charge in [0.1, 0.15) is 28.2 Å². The van der Waals surface area contributed by atoms with Crippen LogP contribution in [0.3, 0.4) is 0 Å². The molecule has 0 saturated heterocycles. The lowest BCUT2D eigenvalue weighted by atomic mass is 10.1. The van der Waals surface area contributed by atoms with Crippen molar-refractivity contribution in [3.63, 3.8) is 0 Å². The van der Waals surface area contributed by atoms with Crippen molar-refractivity contribution < 1.29 is 38.6 Å². The number of hydrogen-bond acceptors (Lipinski definition) is 7. The van der Waals surface area contributed by atoms with Crippen molar-refractivity contribution in [2.45, 2.75) is 0 Å². The number of aromatic hydroxyl groups is 3. The number of hydrogen-bond donors (Lipinski definition) is 5. The lowest BCUT2D eigenvalue weighted by Gasteiger charge is -2.10. The van der Waals surface area contributed by atoms with Crippen LogP contribution in [0.4, 0.5) is 0 Å². The first-order chi connectivity index (χ1) is 11.7. The van der Waals surface area contributed by atoms with E-state index in [4.69, 9.17) is 14.2 Å². The van der Waals surface area contributed by atoms with Crippen LogP contribution in [0.5, 0.6) is 23.0 Å². The monoisotopic (exact) mass is 366 g/mol. The maximum Gasteiger partial charge on any atom is 0.524 e. The fourth-order valence-electron chi connectivity index (χ4n) is 2.26. The van der Waals surface area contributed by atoms with Gasteiger partial charge < -0.3 is 24.3 Å². The summed E-state index contributed by atoms with van der Waals surface area (Å²) in [5.41, 5.74) is -0.936. The van der Waals surface area contributed by atoms with Gasteiger partial charge in [-0.3, -0.25) is 14.6 Å². The van der Waals surface area contributed by atoms with Crippen LogP contribution >= 0.6 is 7.82 Å². The van der Waals surface area contributed by atoms with Crippen LogP contribution in [0.15, 0.2) is 45.6 Å². The molecule has 5 N–H and O–H groups in total. The molecule has 0 aliphatic rings. The zero-order valence-corrected chi connectivity index (χ0v) is 13.2. The lowest BCUT2D eigenvalue weighted by Crippen LogP contribution is -2.03. The van der Waals surface area contributed by atoms with Crippen LogP contribution < -0.4 is 9.95 Å². The van der Waals surface area contributed by atoms with Crippen molar-refractivity contribution in [1.82, 2.24) is 0 Å². The highest BCUT2D eigenvalue weighted by Gasteiger charge is 2.22. The Morgan fingerprint density at radius 2 is 1.64 bits per heavy atom. The van der Waals surface area contributed by atoms with Crippen molar-refractivity contribution >= 4 is 18.8 Å². The molecule has 1 aromatic heterocycles. The molecule has 0 spiro atoms. The summed E-state index contributed by atoms with van der Waals surface area (Å²) >= 11 is 0. The molecule has 3 aromatic rings. The van der Waals surface area contributed by atoms with Gasteiger partial charge in [0.05, 0.1) is 0 Å². The Balaban J connectivity index is 2.27. The molecule has 0 aliphatic carbocycles. The van der Waals surface area contributed by atoms with Gasteiger partial charge in [-0.05, 0) is 24.3 Å². The third-order valence-electron chi connectivity index (χ3n) is 3.28. The zero-order valence-electron chi connectivity index (χ0n) is 12.3. The van der Waals surface area contributed by atoms with Crippen LogP contribution in [-0.2, 0) is 4.57 Å². The van der Waals surface area contributed by atoms with Gasteiger partial charge in [0.2, 0.25) is 11.2 Å². The van der Waals surface area contributed by atoms with Gasteiger partial charge in [-0.15, -0.1) is 0 Å². The highest BCUT2D eigenvalue weighted by Crippen LogP contribution is 2.41. The number of phosphoric acid groups is 1. The summed E-state index contributed by atoms with van der Waals surface area (Å²) in [5, 5.41) is 28.9. The summed E-state index contributed by atoms with van der Waals surface area (Å²) in [6.07, 6.45) is 0. The Bertz CT molecular complexity index is 1060. The first-order valence-electron chi connectivity index (χ1n) is 6.73. The topological polar surface area (TPSA) is 158 Å². The average Bonchev–Trinajstić information content (AvgIpc) is 2.49. The molecule has 130 valence electrons. The van der Waals surface area contributed by atoms with Crippen molar-refractivity contribution in [3.05, 3.63) is 46.6 Å². The van der Waals surface area contributed by atoms with Crippen molar-refractivity contribution in [1.29, 1.82) is 0 Å². The van der Waals surface area contributed by atoms with Gasteiger partial charge in [0, 0.05) is 17.7 Å². The Kier molecular flexibility index (Phi) is 3.92. The number of benzene rings is 2. The first kappa shape index (κ1) is 16.8. The van der Waals surface area contributed by atoms with E-state index in [9.17, 15) is 24.7 Å². The van der Waals surface area contributed by atoms with E-state index in [1.54, 1.807) is 0 Å². The van der Waals surface area contributed by atoms with E-state index in [1.165, 1.54) is 24.3 Å². The largest absolute Gasteiger partial charge is 0.524 e. The van der Waals surface area contributed by atoms with E-state index >= 15 is 0 Å². The van der Waals surface area contributed by atoms with E-state index in [0.717, 1.165) is 12.1 Å². The second kappa shape index (κ2) is 5.82. The Hall–Kier alpha value is -3.00. The number of phosphoric ester groups is 1. The molecule has 0 bridgehead atoms. The maximum absolute atomic E-state index is 12.3. The summed E-state index contributed by atoms with van der Waals surface area (Å²) in [6.45, 7) is 0. The average molecular weight is 366 g/mol. The highest BCUT2D eigenvalue weighted by molar-refractivity contribution is 7.46. The van der Waals surface area contributed by atoms with Gasteiger partial charge in [-0.25, -0.2) is 4.57 Å². The molecule has 0 radical (unpaired) electrons. The highest BCUT2D eigenvalue weighted by atomic mass is 31.2. The summed E-state index contributed by atoms with van der Waals surface area (Å²) in [6, 6.07) is 7.20. The summed E-state index contributed by atoms with van der Waals surface area (Å²) in [7, 11) is -4.89. The standard InChI is InChI=1S/C15H11O9P/c16-8-3-1-7(2-4-8)15-14(19)13(18)12-10(17)5-9(6-11(12)23-15)24-25(20,21)22/h1-6,16-17,19H,(H2,20,21,22).